The molecule has 0 saturated heterocycles. The second kappa shape index (κ2) is 8.15. The molecule has 3 rings (SSSR count). The van der Waals surface area contributed by atoms with Crippen LogP contribution in [0.3, 0.4) is 0 Å². The quantitative estimate of drug-likeness (QED) is 0.635. The van der Waals surface area contributed by atoms with E-state index in [4.69, 9.17) is 0 Å². The Bertz CT molecular complexity index is 839. The van der Waals surface area contributed by atoms with Crippen molar-refractivity contribution in [1.82, 2.24) is 0 Å². The fraction of sp³-hybridized carbons (Fsp3) is 0.136. The summed E-state index contributed by atoms with van der Waals surface area (Å²) in [5.74, 6) is 0. The number of nitrogens with zero attached hydrogens (tertiary/aromatic N) is 1. The van der Waals surface area contributed by atoms with Gasteiger partial charge in [-0.05, 0) is 0 Å². The van der Waals surface area contributed by atoms with E-state index in [9.17, 15) is 0 Å². The van der Waals surface area contributed by atoms with Gasteiger partial charge in [-0.15, -0.1) is 0 Å². The van der Waals surface area contributed by atoms with Crippen molar-refractivity contribution >= 4 is 31.5 Å². The zero-order valence-electron chi connectivity index (χ0n) is 14.6. The summed E-state index contributed by atoms with van der Waals surface area (Å²) in [5.41, 5.74) is 6.10. The van der Waals surface area contributed by atoms with Gasteiger partial charge < -0.3 is 0 Å². The van der Waals surface area contributed by atoms with Crippen LogP contribution >= 0.6 is 0 Å². The van der Waals surface area contributed by atoms with Crippen molar-refractivity contribution in [2.75, 3.05) is 24.3 Å². The Hall–Kier alpha value is -2.35. The van der Waals surface area contributed by atoms with Crippen LogP contribution < -0.4 is 10.2 Å². The van der Waals surface area contributed by atoms with Crippen LogP contribution in [0.15, 0.2) is 78.9 Å². The van der Waals surface area contributed by atoms with Gasteiger partial charge in [0.05, 0.1) is 0 Å². The van der Waals surface area contributed by atoms with Gasteiger partial charge in [0.15, 0.2) is 0 Å². The molecule has 3 heteroatoms. The fourth-order valence-electron chi connectivity index (χ4n) is 2.75. The Morgan fingerprint density at radius 2 is 1.48 bits per heavy atom. The SMILES string of the molecule is CN(C)c1ccc(NC(=[Se])c2ccccc2Cc2ccccc2)cc1. The molecule has 1 N–H and O–H groups in total. The van der Waals surface area contributed by atoms with Crippen LogP contribution in [0.1, 0.15) is 16.7 Å². The Kier molecular flexibility index (Phi) is 5.70. The Morgan fingerprint density at radius 1 is 0.840 bits per heavy atom. The minimum absolute atomic E-state index is 0.920. The molecule has 126 valence electrons. The van der Waals surface area contributed by atoms with Crippen LogP contribution in [-0.2, 0) is 6.42 Å². The molecule has 0 aliphatic heterocycles. The number of hydrogen-bond donors (Lipinski definition) is 1. The Labute approximate surface area is 157 Å². The number of anilines is 2. The zero-order chi connectivity index (χ0) is 17.6. The van der Waals surface area contributed by atoms with E-state index in [2.05, 4.69) is 105 Å². The molecule has 0 amide bonds. The Morgan fingerprint density at radius 3 is 2.16 bits per heavy atom. The van der Waals surface area contributed by atoms with Crippen LogP contribution in [0.4, 0.5) is 11.4 Å². The van der Waals surface area contributed by atoms with E-state index in [1.54, 1.807) is 0 Å². The third-order valence-corrected chi connectivity index (χ3v) is 4.82. The van der Waals surface area contributed by atoms with E-state index < -0.39 is 0 Å². The second-order valence-corrected chi connectivity index (χ2v) is 7.07. The van der Waals surface area contributed by atoms with Gasteiger partial charge in [0.2, 0.25) is 0 Å². The third-order valence-electron chi connectivity index (χ3n) is 4.14. The van der Waals surface area contributed by atoms with Crippen molar-refractivity contribution in [3.8, 4) is 0 Å². The Balaban J connectivity index is 1.78. The fourth-order valence-corrected chi connectivity index (χ4v) is 3.42. The first kappa shape index (κ1) is 17.5. The van der Waals surface area contributed by atoms with Gasteiger partial charge in [-0.25, -0.2) is 0 Å². The van der Waals surface area contributed by atoms with Gasteiger partial charge in [0.25, 0.3) is 0 Å². The monoisotopic (exact) mass is 394 g/mol. The average molecular weight is 393 g/mol. The van der Waals surface area contributed by atoms with Gasteiger partial charge >= 0.3 is 158 Å². The molecular weight excluding hydrogens is 371 g/mol. The van der Waals surface area contributed by atoms with Crippen molar-refractivity contribution in [3.05, 3.63) is 95.6 Å². The van der Waals surface area contributed by atoms with E-state index >= 15 is 0 Å². The normalized spacial score (nSPS) is 10.3. The first-order valence-corrected chi connectivity index (χ1v) is 9.20. The van der Waals surface area contributed by atoms with Crippen LogP contribution in [0.5, 0.6) is 0 Å². The number of nitrogens with one attached hydrogen (secondary N) is 1. The molecule has 0 fully saturated rings. The van der Waals surface area contributed by atoms with Gasteiger partial charge in [0, 0.05) is 0 Å². The predicted molar refractivity (Wildman–Crippen MR) is 110 cm³/mol. The van der Waals surface area contributed by atoms with Crippen molar-refractivity contribution in [1.29, 1.82) is 0 Å². The van der Waals surface area contributed by atoms with Crippen LogP contribution in [0.2, 0.25) is 0 Å². The molecule has 3 aromatic carbocycles. The van der Waals surface area contributed by atoms with Crippen LogP contribution in [0.25, 0.3) is 0 Å². The molecule has 0 aromatic heterocycles. The molecule has 25 heavy (non-hydrogen) atoms. The number of benzene rings is 3. The van der Waals surface area contributed by atoms with E-state index in [0.717, 1.165) is 16.6 Å². The second-order valence-electron chi connectivity index (χ2n) is 6.21. The molecule has 0 spiro atoms. The van der Waals surface area contributed by atoms with Crippen LogP contribution in [0, 0.1) is 0 Å². The maximum atomic E-state index is 3.49. The third kappa shape index (κ3) is 4.60. The molecule has 0 saturated carbocycles. The number of rotatable bonds is 6. The zero-order valence-corrected chi connectivity index (χ0v) is 16.3. The molecule has 0 atom stereocenters. The minimum atomic E-state index is 0.920. The topological polar surface area (TPSA) is 15.3 Å². The summed E-state index contributed by atoms with van der Waals surface area (Å²) >= 11 is 3.20. The molecular formula is C22H22N2Se. The van der Waals surface area contributed by atoms with E-state index in [1.165, 1.54) is 22.4 Å². The summed E-state index contributed by atoms with van der Waals surface area (Å²) in [5, 5.41) is 3.49. The molecule has 0 radical (unpaired) electrons. The van der Waals surface area contributed by atoms with Crippen molar-refractivity contribution in [2.45, 2.75) is 6.42 Å². The molecule has 3 aromatic rings. The van der Waals surface area contributed by atoms with Crippen molar-refractivity contribution in [3.63, 3.8) is 0 Å². The van der Waals surface area contributed by atoms with Gasteiger partial charge in [0.1, 0.15) is 0 Å². The van der Waals surface area contributed by atoms with E-state index in [0.29, 0.717) is 0 Å². The van der Waals surface area contributed by atoms with Gasteiger partial charge in [-0.1, -0.05) is 0 Å². The van der Waals surface area contributed by atoms with Gasteiger partial charge in [-0.3, -0.25) is 0 Å². The maximum absolute atomic E-state index is 3.49. The molecule has 0 aliphatic rings. The molecule has 0 bridgehead atoms. The predicted octanol–water partition coefficient (Wildman–Crippen LogP) is 4.10. The summed E-state index contributed by atoms with van der Waals surface area (Å²) < 4.78 is 1.05. The van der Waals surface area contributed by atoms with E-state index in [1.807, 2.05) is 14.1 Å². The molecule has 2 nitrogen and oxygen atoms in total. The average Bonchev–Trinajstić information content (AvgIpc) is 2.63. The van der Waals surface area contributed by atoms with Crippen molar-refractivity contribution in [2.24, 2.45) is 0 Å². The first-order valence-electron chi connectivity index (χ1n) is 8.34. The summed E-state index contributed by atoms with van der Waals surface area (Å²) in [6, 6.07) is 27.5. The number of hydrogen-bond acceptors (Lipinski definition) is 2. The molecule has 0 unspecified atom stereocenters. The summed E-state index contributed by atoms with van der Waals surface area (Å²) in [4.78, 5) is 2.10. The summed E-state index contributed by atoms with van der Waals surface area (Å²) in [7, 11) is 4.10. The summed E-state index contributed by atoms with van der Waals surface area (Å²) in [6.07, 6.45) is 0.920. The summed E-state index contributed by atoms with van der Waals surface area (Å²) in [6.45, 7) is 0. The van der Waals surface area contributed by atoms with Crippen LogP contribution in [-0.4, -0.2) is 34.2 Å². The van der Waals surface area contributed by atoms with E-state index in [-0.39, 0.29) is 0 Å². The van der Waals surface area contributed by atoms with Crippen molar-refractivity contribution < 1.29 is 0 Å². The first-order chi connectivity index (χ1) is 12.1. The molecule has 0 aliphatic carbocycles. The van der Waals surface area contributed by atoms with Gasteiger partial charge in [-0.2, -0.15) is 0 Å². The standard InChI is InChI=1S/C22H22N2Se/c1-24(2)20-14-12-19(13-15-20)23-22(25)21-11-7-6-10-18(21)16-17-8-4-3-5-9-17/h3-15H,16H2,1-2H3,(H,23,25). The molecule has 0 heterocycles.